The van der Waals surface area contributed by atoms with Crippen LogP contribution >= 0.6 is 23.2 Å². The molecule has 1 heterocycles. The number of hydrogen-bond acceptors (Lipinski definition) is 7. The molecular weight excluding hydrogens is 445 g/mol. The number of nitrogens with zero attached hydrogens (tertiary/aromatic N) is 4. The highest BCUT2D eigenvalue weighted by Gasteiger charge is 2.08. The molecule has 0 aliphatic rings. The van der Waals surface area contributed by atoms with Crippen molar-refractivity contribution in [1.29, 1.82) is 0 Å². The fraction of sp³-hybridized carbons (Fsp3) is 0.0435. The van der Waals surface area contributed by atoms with Crippen molar-refractivity contribution in [1.82, 2.24) is 15.0 Å². The van der Waals surface area contributed by atoms with E-state index in [0.717, 1.165) is 11.3 Å². The van der Waals surface area contributed by atoms with Crippen molar-refractivity contribution in [2.24, 2.45) is 5.10 Å². The van der Waals surface area contributed by atoms with E-state index in [1.54, 1.807) is 18.2 Å². The second-order valence-corrected chi connectivity index (χ2v) is 7.46. The number of hydrogen-bond donors (Lipinski definition) is 3. The Labute approximate surface area is 195 Å². The summed E-state index contributed by atoms with van der Waals surface area (Å²) in [5.41, 5.74) is 5.38. The highest BCUT2D eigenvalue weighted by atomic mass is 35.5. The average Bonchev–Trinajstić information content (AvgIpc) is 2.81. The summed E-state index contributed by atoms with van der Waals surface area (Å²) in [6.07, 6.45) is 1.52. The monoisotopic (exact) mass is 463 g/mol. The van der Waals surface area contributed by atoms with Crippen molar-refractivity contribution in [3.05, 3.63) is 100 Å². The Kier molecular flexibility index (Phi) is 7.12. The van der Waals surface area contributed by atoms with Gasteiger partial charge >= 0.3 is 0 Å². The zero-order valence-corrected chi connectivity index (χ0v) is 18.3. The SMILES string of the molecule is Clc1cccc(Cl)c1/C=N/Nc1nc(NCc2ccccc2)nc(Nc2ccccc2)n1. The standard InChI is InChI=1S/C23H19Cl2N7/c24-19-12-7-13-20(25)18(19)15-27-32-23-30-21(26-14-16-8-3-1-4-9-16)29-22(31-23)28-17-10-5-2-6-11-17/h1-13,15H,14H2,(H3,26,28,29,30,31,32)/b27-15+. The molecule has 4 aromatic rings. The Balaban J connectivity index is 1.55. The van der Waals surface area contributed by atoms with Gasteiger partial charge in [0, 0.05) is 17.8 Å². The largest absolute Gasteiger partial charge is 0.350 e. The van der Waals surface area contributed by atoms with Gasteiger partial charge in [0.05, 0.1) is 16.3 Å². The predicted octanol–water partition coefficient (Wildman–Crippen LogP) is 5.98. The van der Waals surface area contributed by atoms with Crippen LogP contribution in [0.1, 0.15) is 11.1 Å². The molecule has 1 aromatic heterocycles. The van der Waals surface area contributed by atoms with Crippen molar-refractivity contribution in [3.63, 3.8) is 0 Å². The summed E-state index contributed by atoms with van der Waals surface area (Å²) in [6, 6.07) is 24.9. The normalized spacial score (nSPS) is 10.8. The number of nitrogens with one attached hydrogen (secondary N) is 3. The first-order valence-electron chi connectivity index (χ1n) is 9.76. The van der Waals surface area contributed by atoms with E-state index in [4.69, 9.17) is 23.2 Å². The molecule has 0 fully saturated rings. The third-order valence-corrected chi connectivity index (χ3v) is 4.98. The molecule has 0 bridgehead atoms. The fourth-order valence-electron chi connectivity index (χ4n) is 2.78. The molecule has 3 N–H and O–H groups in total. The first-order chi connectivity index (χ1) is 15.7. The maximum Gasteiger partial charge on any atom is 0.250 e. The average molecular weight is 464 g/mol. The molecule has 0 radical (unpaired) electrons. The second-order valence-electron chi connectivity index (χ2n) is 6.64. The van der Waals surface area contributed by atoms with Gasteiger partial charge in [0.15, 0.2) is 0 Å². The number of hydrazone groups is 1. The molecular formula is C23H19Cl2N7. The summed E-state index contributed by atoms with van der Waals surface area (Å²) in [5.74, 6) is 1.03. The lowest BCUT2D eigenvalue weighted by Gasteiger charge is -2.10. The molecule has 4 rings (SSSR count). The third-order valence-electron chi connectivity index (χ3n) is 4.32. The molecule has 0 saturated heterocycles. The van der Waals surface area contributed by atoms with Crippen LogP contribution in [-0.4, -0.2) is 21.2 Å². The lowest BCUT2D eigenvalue weighted by atomic mass is 10.2. The van der Waals surface area contributed by atoms with Crippen LogP contribution in [0.15, 0.2) is 84.0 Å². The maximum absolute atomic E-state index is 6.19. The molecule has 9 heteroatoms. The van der Waals surface area contributed by atoms with Gasteiger partial charge in [0.2, 0.25) is 17.8 Å². The number of rotatable bonds is 8. The van der Waals surface area contributed by atoms with E-state index in [-0.39, 0.29) is 5.95 Å². The fourth-order valence-corrected chi connectivity index (χ4v) is 3.27. The third kappa shape index (κ3) is 5.94. The van der Waals surface area contributed by atoms with Crippen LogP contribution in [0.4, 0.5) is 23.5 Å². The van der Waals surface area contributed by atoms with Crippen molar-refractivity contribution in [3.8, 4) is 0 Å². The van der Waals surface area contributed by atoms with Gasteiger partial charge in [-0.2, -0.15) is 20.1 Å². The number of halogens is 2. The van der Waals surface area contributed by atoms with E-state index in [1.807, 2.05) is 60.7 Å². The van der Waals surface area contributed by atoms with Gasteiger partial charge in [0.25, 0.3) is 0 Å². The lowest BCUT2D eigenvalue weighted by molar-refractivity contribution is 0.999. The van der Waals surface area contributed by atoms with E-state index in [0.29, 0.717) is 34.1 Å². The first kappa shape index (κ1) is 21.5. The van der Waals surface area contributed by atoms with Gasteiger partial charge in [-0.1, -0.05) is 77.8 Å². The van der Waals surface area contributed by atoms with Crippen LogP contribution < -0.4 is 16.1 Å². The van der Waals surface area contributed by atoms with Crippen LogP contribution in [0.5, 0.6) is 0 Å². The molecule has 0 atom stereocenters. The highest BCUT2D eigenvalue weighted by Crippen LogP contribution is 2.22. The molecule has 0 aliphatic carbocycles. The first-order valence-corrected chi connectivity index (χ1v) is 10.5. The molecule has 3 aromatic carbocycles. The minimum absolute atomic E-state index is 0.258. The maximum atomic E-state index is 6.19. The zero-order valence-electron chi connectivity index (χ0n) is 16.8. The summed E-state index contributed by atoms with van der Waals surface area (Å²) < 4.78 is 0. The smallest absolute Gasteiger partial charge is 0.250 e. The van der Waals surface area contributed by atoms with E-state index >= 15 is 0 Å². The molecule has 7 nitrogen and oxygen atoms in total. The molecule has 32 heavy (non-hydrogen) atoms. The Morgan fingerprint density at radius 2 is 1.34 bits per heavy atom. The zero-order chi connectivity index (χ0) is 22.2. The minimum atomic E-state index is 0.258. The van der Waals surface area contributed by atoms with Gasteiger partial charge in [-0.15, -0.1) is 0 Å². The summed E-state index contributed by atoms with van der Waals surface area (Å²) in [7, 11) is 0. The number of benzene rings is 3. The van der Waals surface area contributed by atoms with Crippen LogP contribution in [0.2, 0.25) is 10.0 Å². The Bertz CT molecular complexity index is 1180. The quantitative estimate of drug-likeness (QED) is 0.220. The van der Waals surface area contributed by atoms with Gasteiger partial charge in [0.1, 0.15) is 0 Å². The molecule has 0 aliphatic heterocycles. The minimum Gasteiger partial charge on any atom is -0.350 e. The van der Waals surface area contributed by atoms with Gasteiger partial charge in [-0.3, -0.25) is 0 Å². The lowest BCUT2D eigenvalue weighted by Crippen LogP contribution is -2.09. The van der Waals surface area contributed by atoms with Gasteiger partial charge in [-0.25, -0.2) is 5.43 Å². The van der Waals surface area contributed by atoms with E-state index < -0.39 is 0 Å². The number of anilines is 4. The Hall–Kier alpha value is -3.68. The van der Waals surface area contributed by atoms with Crippen LogP contribution in [-0.2, 0) is 6.54 Å². The van der Waals surface area contributed by atoms with Crippen molar-refractivity contribution < 1.29 is 0 Å². The molecule has 0 spiro atoms. The van der Waals surface area contributed by atoms with Crippen LogP contribution in [0.25, 0.3) is 0 Å². The van der Waals surface area contributed by atoms with Crippen LogP contribution in [0, 0.1) is 0 Å². The van der Waals surface area contributed by atoms with Gasteiger partial charge in [-0.05, 0) is 29.8 Å². The topological polar surface area (TPSA) is 87.1 Å². The number of para-hydroxylation sites is 1. The van der Waals surface area contributed by atoms with Gasteiger partial charge < -0.3 is 10.6 Å². The summed E-state index contributed by atoms with van der Waals surface area (Å²) in [6.45, 7) is 0.563. The van der Waals surface area contributed by atoms with Crippen molar-refractivity contribution in [2.45, 2.75) is 6.54 Å². The number of aromatic nitrogens is 3. The van der Waals surface area contributed by atoms with E-state index in [2.05, 4.69) is 36.1 Å². The summed E-state index contributed by atoms with van der Waals surface area (Å²) in [4.78, 5) is 13.3. The molecule has 0 unspecified atom stereocenters. The Morgan fingerprint density at radius 1 is 0.719 bits per heavy atom. The van der Waals surface area contributed by atoms with Crippen molar-refractivity contribution >= 4 is 52.9 Å². The summed E-state index contributed by atoms with van der Waals surface area (Å²) in [5, 5.41) is 11.6. The summed E-state index contributed by atoms with van der Waals surface area (Å²) >= 11 is 12.4. The predicted molar refractivity (Wildman–Crippen MR) is 131 cm³/mol. The molecule has 160 valence electrons. The van der Waals surface area contributed by atoms with E-state index in [9.17, 15) is 0 Å². The highest BCUT2D eigenvalue weighted by molar-refractivity contribution is 6.38. The molecule has 0 saturated carbocycles. The van der Waals surface area contributed by atoms with E-state index in [1.165, 1.54) is 6.21 Å². The second kappa shape index (κ2) is 10.6. The van der Waals surface area contributed by atoms with Crippen molar-refractivity contribution in [2.75, 3.05) is 16.1 Å². The van der Waals surface area contributed by atoms with Crippen LogP contribution in [0.3, 0.4) is 0 Å². The Morgan fingerprint density at radius 3 is 2.06 bits per heavy atom. The molecule has 0 amide bonds.